The minimum absolute atomic E-state index is 0.0693. The van der Waals surface area contributed by atoms with Crippen LogP contribution in [-0.4, -0.2) is 35.4 Å². The van der Waals surface area contributed by atoms with E-state index < -0.39 is 0 Å². The van der Waals surface area contributed by atoms with Crippen LogP contribution in [0.5, 0.6) is 0 Å². The summed E-state index contributed by atoms with van der Waals surface area (Å²) in [6.07, 6.45) is 7.33. The predicted molar refractivity (Wildman–Crippen MR) is 138 cm³/mol. The molecule has 2 amide bonds. The first-order valence-corrected chi connectivity index (χ1v) is 11.9. The van der Waals surface area contributed by atoms with Gasteiger partial charge in [0.2, 0.25) is 11.9 Å². The average Bonchev–Trinajstić information content (AvgIpc) is 2.91. The molecule has 0 atom stereocenters. The van der Waals surface area contributed by atoms with Crippen molar-refractivity contribution in [3.63, 3.8) is 0 Å². The molecule has 3 rings (SSSR count). The number of aromatic nitrogens is 2. The highest BCUT2D eigenvalue weighted by Gasteiger charge is 2.15. The molecule has 0 aliphatic rings. The number of rotatable bonds is 11. The molecule has 0 fully saturated rings. The Hall–Kier alpha value is -3.74. The van der Waals surface area contributed by atoms with Gasteiger partial charge < -0.3 is 10.6 Å². The first-order valence-electron chi connectivity index (χ1n) is 11.9. The zero-order valence-corrected chi connectivity index (χ0v) is 20.3. The maximum absolute atomic E-state index is 12.4. The second-order valence-electron chi connectivity index (χ2n) is 7.37. The lowest BCUT2D eigenvalue weighted by Gasteiger charge is -2.22. The number of carbonyl (C=O) groups excluding carboxylic acids is 2. The monoisotopic (exact) mass is 461 g/mol. The van der Waals surface area contributed by atoms with Gasteiger partial charge in [-0.05, 0) is 37.1 Å². The van der Waals surface area contributed by atoms with Crippen LogP contribution in [0.3, 0.4) is 0 Å². The lowest BCUT2D eigenvalue weighted by atomic mass is 10.1. The second-order valence-corrected chi connectivity index (χ2v) is 7.37. The van der Waals surface area contributed by atoms with Crippen LogP contribution in [0, 0.1) is 0 Å². The van der Waals surface area contributed by atoms with Crippen LogP contribution in [0.25, 0.3) is 0 Å². The molecule has 0 bridgehead atoms. The molecule has 0 unspecified atom stereocenters. The summed E-state index contributed by atoms with van der Waals surface area (Å²) < 4.78 is 0. The topological polar surface area (TPSA) is 87.2 Å². The van der Waals surface area contributed by atoms with Crippen molar-refractivity contribution in [2.24, 2.45) is 0 Å². The molecule has 180 valence electrons. The normalized spacial score (nSPS) is 9.97. The minimum Gasteiger partial charge on any atom is -0.359 e. The number of amides is 2. The molecule has 7 heteroatoms. The van der Waals surface area contributed by atoms with Crippen LogP contribution >= 0.6 is 0 Å². The van der Waals surface area contributed by atoms with Gasteiger partial charge in [0.25, 0.3) is 5.91 Å². The van der Waals surface area contributed by atoms with Crippen LogP contribution in [0.1, 0.15) is 56.3 Å². The molecule has 0 aliphatic heterocycles. The van der Waals surface area contributed by atoms with Crippen molar-refractivity contribution in [1.82, 2.24) is 20.6 Å². The lowest BCUT2D eigenvalue weighted by molar-refractivity contribution is -0.120. The molecule has 2 N–H and O–H groups in total. The fourth-order valence-corrected chi connectivity index (χ4v) is 3.28. The number of nitrogens with one attached hydrogen (secondary N) is 2. The summed E-state index contributed by atoms with van der Waals surface area (Å²) in [5.41, 5.74) is 2.30. The fourth-order valence-electron chi connectivity index (χ4n) is 3.28. The zero-order chi connectivity index (χ0) is 24.6. The maximum Gasteiger partial charge on any atom is 0.254 e. The Kier molecular flexibility index (Phi) is 11.8. The van der Waals surface area contributed by atoms with Crippen LogP contribution in [0.2, 0.25) is 0 Å². The molecule has 1 heterocycles. The second kappa shape index (κ2) is 15.2. The Labute approximate surface area is 202 Å². The number of hydrogen-bond donors (Lipinski definition) is 2. The summed E-state index contributed by atoms with van der Waals surface area (Å²) in [4.78, 5) is 34.5. The van der Waals surface area contributed by atoms with Crippen molar-refractivity contribution >= 4 is 29.1 Å². The molecule has 2 aromatic carbocycles. The summed E-state index contributed by atoms with van der Waals surface area (Å²) in [5, 5.41) is 5.53. The largest absolute Gasteiger partial charge is 0.359 e. The number of anilines is 3. The molecule has 0 saturated carbocycles. The van der Waals surface area contributed by atoms with Gasteiger partial charge in [-0.2, -0.15) is 0 Å². The molecule has 0 radical (unpaired) electrons. The van der Waals surface area contributed by atoms with Gasteiger partial charge in [-0.3, -0.25) is 14.5 Å². The molecule has 0 saturated heterocycles. The fraction of sp³-hybridized carbons (Fsp3) is 0.333. The Morgan fingerprint density at radius 1 is 0.794 bits per heavy atom. The van der Waals surface area contributed by atoms with Crippen molar-refractivity contribution in [3.05, 3.63) is 78.6 Å². The number of para-hydroxylation sites is 2. The molecule has 34 heavy (non-hydrogen) atoms. The molecule has 0 spiro atoms. The van der Waals surface area contributed by atoms with Gasteiger partial charge >= 0.3 is 0 Å². The highest BCUT2D eigenvalue weighted by atomic mass is 16.2. The molecular weight excluding hydrogens is 426 g/mol. The van der Waals surface area contributed by atoms with Gasteiger partial charge in [-0.25, -0.2) is 9.97 Å². The van der Waals surface area contributed by atoms with E-state index >= 15 is 0 Å². The van der Waals surface area contributed by atoms with Crippen molar-refractivity contribution in [1.29, 1.82) is 0 Å². The maximum atomic E-state index is 12.4. The van der Waals surface area contributed by atoms with E-state index in [1.807, 2.05) is 79.4 Å². The Morgan fingerprint density at radius 2 is 1.32 bits per heavy atom. The van der Waals surface area contributed by atoms with Gasteiger partial charge in [0, 0.05) is 43.8 Å². The van der Waals surface area contributed by atoms with E-state index in [0.717, 1.165) is 37.1 Å². The van der Waals surface area contributed by atoms with Crippen LogP contribution in [0.4, 0.5) is 17.3 Å². The Bertz CT molecular complexity index is 939. The van der Waals surface area contributed by atoms with E-state index in [9.17, 15) is 9.59 Å². The van der Waals surface area contributed by atoms with Gasteiger partial charge in [-0.1, -0.05) is 63.1 Å². The van der Waals surface area contributed by atoms with E-state index in [-0.39, 0.29) is 11.8 Å². The highest BCUT2D eigenvalue weighted by Crippen LogP contribution is 2.31. The number of hydrogen-bond acceptors (Lipinski definition) is 5. The summed E-state index contributed by atoms with van der Waals surface area (Å²) in [6, 6.07) is 19.7. The lowest BCUT2D eigenvalue weighted by Crippen LogP contribution is -2.25. The number of nitrogens with zero attached hydrogens (tertiary/aromatic N) is 3. The molecule has 1 aromatic heterocycles. The van der Waals surface area contributed by atoms with E-state index in [2.05, 4.69) is 20.6 Å². The third kappa shape index (κ3) is 8.31. The first-order chi connectivity index (χ1) is 16.7. The van der Waals surface area contributed by atoms with Crippen molar-refractivity contribution in [2.45, 2.75) is 46.0 Å². The van der Waals surface area contributed by atoms with Crippen molar-refractivity contribution in [2.75, 3.05) is 18.5 Å². The molecular formula is C27H35N5O2. The minimum atomic E-state index is -0.187. The SMILES string of the molecule is CC.CNC(=O)CCCCCCNC(=O)c1cnc(N(c2ccccc2)c2ccccc2)nc1. The van der Waals surface area contributed by atoms with E-state index in [4.69, 9.17) is 0 Å². The first kappa shape index (κ1) is 26.5. The van der Waals surface area contributed by atoms with Gasteiger partial charge in [0.15, 0.2) is 0 Å². The van der Waals surface area contributed by atoms with E-state index in [1.54, 1.807) is 19.4 Å². The average molecular weight is 462 g/mol. The van der Waals surface area contributed by atoms with Gasteiger partial charge in [-0.15, -0.1) is 0 Å². The van der Waals surface area contributed by atoms with Crippen LogP contribution in [0.15, 0.2) is 73.1 Å². The van der Waals surface area contributed by atoms with E-state index in [1.165, 1.54) is 0 Å². The Morgan fingerprint density at radius 3 is 1.85 bits per heavy atom. The standard InChI is InChI=1S/C25H29N5O2.C2H6/c1-26-23(31)16-10-2-3-11-17-27-24(32)20-18-28-25(29-19-20)30(21-12-6-4-7-13-21)22-14-8-5-9-15-22;1-2/h4-9,12-15,18-19H,2-3,10-11,16-17H2,1H3,(H,26,31)(H,27,32);1-2H3. The highest BCUT2D eigenvalue weighted by molar-refractivity contribution is 5.93. The molecule has 3 aromatic rings. The number of carbonyl (C=O) groups is 2. The molecule has 0 aliphatic carbocycles. The summed E-state index contributed by atoms with van der Waals surface area (Å²) in [6.45, 7) is 4.58. The third-order valence-electron chi connectivity index (χ3n) is 5.02. The quantitative estimate of drug-likeness (QED) is 0.373. The van der Waals surface area contributed by atoms with Crippen LogP contribution in [-0.2, 0) is 4.79 Å². The third-order valence-corrected chi connectivity index (χ3v) is 5.02. The van der Waals surface area contributed by atoms with Gasteiger partial charge in [0.05, 0.1) is 5.56 Å². The van der Waals surface area contributed by atoms with Gasteiger partial charge in [0.1, 0.15) is 0 Å². The predicted octanol–water partition coefficient (Wildman–Crippen LogP) is 5.40. The van der Waals surface area contributed by atoms with Crippen LogP contribution < -0.4 is 15.5 Å². The number of unbranched alkanes of at least 4 members (excludes halogenated alkanes) is 3. The summed E-state index contributed by atoms with van der Waals surface area (Å²) >= 11 is 0. The smallest absolute Gasteiger partial charge is 0.254 e. The zero-order valence-electron chi connectivity index (χ0n) is 20.3. The van der Waals surface area contributed by atoms with Crippen molar-refractivity contribution in [3.8, 4) is 0 Å². The number of benzene rings is 2. The Balaban J connectivity index is 0.00000199. The summed E-state index contributed by atoms with van der Waals surface area (Å²) in [5.74, 6) is 0.378. The summed E-state index contributed by atoms with van der Waals surface area (Å²) in [7, 11) is 1.65. The van der Waals surface area contributed by atoms with E-state index in [0.29, 0.717) is 24.5 Å². The molecule has 7 nitrogen and oxygen atoms in total. The van der Waals surface area contributed by atoms with Crippen molar-refractivity contribution < 1.29 is 9.59 Å².